The van der Waals surface area contributed by atoms with Gasteiger partial charge in [-0.05, 0) is 5.92 Å². The number of imidazole rings is 1. The van der Waals surface area contributed by atoms with Gasteiger partial charge in [-0.2, -0.15) is 0 Å². The minimum Gasteiger partial charge on any atom is -0.394 e. The lowest BCUT2D eigenvalue weighted by Gasteiger charge is -2.16. The summed E-state index contributed by atoms with van der Waals surface area (Å²) in [6.45, 7) is 4.15. The molecule has 4 atom stereocenters. The van der Waals surface area contributed by atoms with Gasteiger partial charge in [0.15, 0.2) is 23.2 Å². The van der Waals surface area contributed by atoms with Crippen LogP contribution in [0.3, 0.4) is 0 Å². The van der Waals surface area contributed by atoms with Gasteiger partial charge in [0.05, 0.1) is 19.5 Å². The fraction of sp³-hybridized carbons (Fsp3) is 0.643. The summed E-state index contributed by atoms with van der Waals surface area (Å²) in [5, 5.41) is 29.2. The highest BCUT2D eigenvalue weighted by Crippen LogP contribution is 2.32. The standard InChI is InChI=1S/C14H21N5O5/c1-7(2)4-23-18-12-9-13(16-5-15-12)19(6-17-9)14-11(22)10(21)8(3-20)24-14/h5-8,10-11,14,20-22H,3-4H2,1-2H3,(H,15,16,18)/t8-,10-,11-,14-/m1/s1. The third-order valence-electron chi connectivity index (χ3n) is 3.74. The molecule has 0 amide bonds. The Hall–Kier alpha value is -1.85. The Labute approximate surface area is 138 Å². The second-order valence-corrected chi connectivity index (χ2v) is 6.08. The van der Waals surface area contributed by atoms with Crippen LogP contribution in [0.5, 0.6) is 0 Å². The van der Waals surface area contributed by atoms with E-state index in [9.17, 15) is 15.3 Å². The maximum atomic E-state index is 10.1. The SMILES string of the molecule is CC(C)CONc1ncnc2c1ncn2[C@@H]1O[C@H](CO)[C@@H](O)[C@H]1O. The van der Waals surface area contributed by atoms with Gasteiger partial charge < -0.3 is 20.1 Å². The van der Waals surface area contributed by atoms with E-state index >= 15 is 0 Å². The molecule has 1 aliphatic rings. The first-order chi connectivity index (χ1) is 11.5. The highest BCUT2D eigenvalue weighted by Gasteiger charge is 2.44. The van der Waals surface area contributed by atoms with Crippen LogP contribution in [0.2, 0.25) is 0 Å². The highest BCUT2D eigenvalue weighted by atomic mass is 16.6. The van der Waals surface area contributed by atoms with Crippen LogP contribution in [0.1, 0.15) is 20.1 Å². The molecule has 10 nitrogen and oxygen atoms in total. The number of aliphatic hydroxyl groups excluding tert-OH is 3. The van der Waals surface area contributed by atoms with Crippen LogP contribution in [0.4, 0.5) is 5.82 Å². The Morgan fingerprint density at radius 3 is 2.75 bits per heavy atom. The van der Waals surface area contributed by atoms with Crippen LogP contribution in [-0.2, 0) is 9.57 Å². The molecule has 0 spiro atoms. The number of hydrogen-bond donors (Lipinski definition) is 4. The lowest BCUT2D eigenvalue weighted by molar-refractivity contribution is -0.0511. The molecule has 0 unspecified atom stereocenters. The van der Waals surface area contributed by atoms with E-state index in [1.54, 1.807) is 0 Å². The van der Waals surface area contributed by atoms with Crippen LogP contribution < -0.4 is 5.48 Å². The average molecular weight is 339 g/mol. The molecule has 0 bridgehead atoms. The fourth-order valence-electron chi connectivity index (χ4n) is 2.50. The molecule has 1 fully saturated rings. The van der Waals surface area contributed by atoms with Crippen molar-refractivity contribution in [2.45, 2.75) is 38.4 Å². The lowest BCUT2D eigenvalue weighted by atomic mass is 10.1. The minimum absolute atomic E-state index is 0.353. The van der Waals surface area contributed by atoms with Gasteiger partial charge in [-0.25, -0.2) is 20.4 Å². The number of rotatable bonds is 6. The van der Waals surface area contributed by atoms with E-state index in [4.69, 9.17) is 9.57 Å². The molecule has 1 saturated heterocycles. The lowest BCUT2D eigenvalue weighted by Crippen LogP contribution is -2.33. The summed E-state index contributed by atoms with van der Waals surface area (Å²) in [6, 6.07) is 0. The average Bonchev–Trinajstić information content (AvgIpc) is 3.10. The van der Waals surface area contributed by atoms with Crippen molar-refractivity contribution < 1.29 is 24.9 Å². The second-order valence-electron chi connectivity index (χ2n) is 6.08. The van der Waals surface area contributed by atoms with Gasteiger partial charge in [0.1, 0.15) is 24.6 Å². The van der Waals surface area contributed by atoms with Crippen LogP contribution in [0.25, 0.3) is 11.2 Å². The molecular weight excluding hydrogens is 318 g/mol. The number of ether oxygens (including phenoxy) is 1. The Balaban J connectivity index is 1.86. The summed E-state index contributed by atoms with van der Waals surface area (Å²) >= 11 is 0. The number of hydrogen-bond acceptors (Lipinski definition) is 9. The van der Waals surface area contributed by atoms with E-state index in [1.807, 2.05) is 13.8 Å². The molecule has 132 valence electrons. The molecule has 4 N–H and O–H groups in total. The quantitative estimate of drug-likeness (QED) is 0.511. The number of aromatic nitrogens is 4. The summed E-state index contributed by atoms with van der Waals surface area (Å²) in [5.74, 6) is 0.748. The van der Waals surface area contributed by atoms with Crippen molar-refractivity contribution in [1.82, 2.24) is 19.5 Å². The Bertz CT molecular complexity index is 693. The number of anilines is 1. The van der Waals surface area contributed by atoms with Gasteiger partial charge in [-0.1, -0.05) is 13.8 Å². The number of nitrogens with one attached hydrogen (secondary N) is 1. The molecule has 2 aromatic heterocycles. The van der Waals surface area contributed by atoms with Crippen molar-refractivity contribution in [2.24, 2.45) is 5.92 Å². The number of fused-ring (bicyclic) bond motifs is 1. The van der Waals surface area contributed by atoms with Gasteiger partial charge in [0.2, 0.25) is 0 Å². The van der Waals surface area contributed by atoms with E-state index in [0.29, 0.717) is 29.5 Å². The topological polar surface area (TPSA) is 135 Å². The molecule has 10 heteroatoms. The predicted octanol–water partition coefficient (Wildman–Crippen LogP) is -0.563. The Morgan fingerprint density at radius 2 is 2.08 bits per heavy atom. The third kappa shape index (κ3) is 3.06. The highest BCUT2D eigenvalue weighted by molar-refractivity contribution is 5.82. The largest absolute Gasteiger partial charge is 0.394 e. The summed E-state index contributed by atoms with van der Waals surface area (Å²) in [7, 11) is 0. The summed E-state index contributed by atoms with van der Waals surface area (Å²) in [4.78, 5) is 17.8. The van der Waals surface area contributed by atoms with Gasteiger partial charge in [-0.15, -0.1) is 0 Å². The van der Waals surface area contributed by atoms with Crippen LogP contribution in [0, 0.1) is 5.92 Å². The van der Waals surface area contributed by atoms with Crippen LogP contribution in [0.15, 0.2) is 12.7 Å². The molecule has 0 saturated carbocycles. The zero-order valence-electron chi connectivity index (χ0n) is 13.4. The van der Waals surface area contributed by atoms with Crippen molar-refractivity contribution in [3.63, 3.8) is 0 Å². The van der Waals surface area contributed by atoms with E-state index in [0.717, 1.165) is 0 Å². The number of nitrogens with zero attached hydrogens (tertiary/aromatic N) is 4. The molecule has 24 heavy (non-hydrogen) atoms. The summed E-state index contributed by atoms with van der Waals surface area (Å²) in [6.07, 6.45) is -1.39. The van der Waals surface area contributed by atoms with Crippen molar-refractivity contribution in [2.75, 3.05) is 18.7 Å². The van der Waals surface area contributed by atoms with Crippen LogP contribution >= 0.6 is 0 Å². The first-order valence-electron chi connectivity index (χ1n) is 7.70. The van der Waals surface area contributed by atoms with Crippen molar-refractivity contribution in [3.05, 3.63) is 12.7 Å². The molecule has 3 heterocycles. The summed E-state index contributed by atoms with van der Waals surface area (Å²) in [5.41, 5.74) is 3.60. The Morgan fingerprint density at radius 1 is 1.29 bits per heavy atom. The molecule has 3 rings (SSSR count). The smallest absolute Gasteiger partial charge is 0.181 e. The third-order valence-corrected chi connectivity index (χ3v) is 3.74. The normalized spacial score (nSPS) is 27.2. The van der Waals surface area contributed by atoms with Gasteiger partial charge in [0.25, 0.3) is 0 Å². The maximum Gasteiger partial charge on any atom is 0.181 e. The monoisotopic (exact) mass is 339 g/mol. The van der Waals surface area contributed by atoms with E-state index in [1.165, 1.54) is 17.2 Å². The maximum absolute atomic E-state index is 10.1. The first kappa shape index (κ1) is 17.0. The van der Waals surface area contributed by atoms with E-state index < -0.39 is 31.1 Å². The number of aliphatic hydroxyl groups is 3. The molecule has 2 aromatic rings. The minimum atomic E-state index is -1.21. The predicted molar refractivity (Wildman–Crippen MR) is 82.7 cm³/mol. The van der Waals surface area contributed by atoms with Crippen molar-refractivity contribution in [1.29, 1.82) is 0 Å². The Kier molecular flexibility index (Phi) is 4.92. The van der Waals surface area contributed by atoms with E-state index in [2.05, 4.69) is 20.4 Å². The second kappa shape index (κ2) is 6.95. The van der Waals surface area contributed by atoms with Gasteiger partial charge in [0, 0.05) is 0 Å². The van der Waals surface area contributed by atoms with Crippen molar-refractivity contribution >= 4 is 17.0 Å². The van der Waals surface area contributed by atoms with Crippen molar-refractivity contribution in [3.8, 4) is 0 Å². The summed E-state index contributed by atoms with van der Waals surface area (Å²) < 4.78 is 7.00. The zero-order valence-corrected chi connectivity index (χ0v) is 13.4. The van der Waals surface area contributed by atoms with E-state index in [-0.39, 0.29) is 0 Å². The fourth-order valence-corrected chi connectivity index (χ4v) is 2.50. The van der Waals surface area contributed by atoms with Gasteiger partial charge in [-0.3, -0.25) is 9.40 Å². The first-order valence-corrected chi connectivity index (χ1v) is 7.70. The molecule has 0 radical (unpaired) electrons. The molecule has 1 aliphatic heterocycles. The molecular formula is C14H21N5O5. The van der Waals surface area contributed by atoms with Gasteiger partial charge >= 0.3 is 0 Å². The molecule has 0 aliphatic carbocycles. The zero-order chi connectivity index (χ0) is 17.3. The molecule has 0 aromatic carbocycles. The van der Waals surface area contributed by atoms with Crippen LogP contribution in [-0.4, -0.2) is 66.4 Å².